The van der Waals surface area contributed by atoms with Gasteiger partial charge in [0.1, 0.15) is 5.82 Å². The summed E-state index contributed by atoms with van der Waals surface area (Å²) in [5.74, 6) is -0.142. The molecule has 3 N–H and O–H groups in total. The van der Waals surface area contributed by atoms with Crippen molar-refractivity contribution >= 4 is 5.69 Å². The smallest absolute Gasteiger partial charge is 0.123 e. The molecule has 1 aromatic carbocycles. The molecule has 0 fully saturated rings. The van der Waals surface area contributed by atoms with Gasteiger partial charge in [-0.25, -0.2) is 4.39 Å². The molecule has 1 atom stereocenters. The lowest BCUT2D eigenvalue weighted by Crippen LogP contribution is -2.00. The molecule has 0 radical (unpaired) electrons. The Morgan fingerprint density at radius 3 is 2.53 bits per heavy atom. The standard InChI is InChI=1S/C11H12FN3/c1-7(11-10(13)6-14-15-11)8-2-4-9(12)5-3-8/h2-7H,13H2,1H3,(H,14,15). The lowest BCUT2D eigenvalue weighted by Gasteiger charge is -2.10. The molecule has 2 aromatic rings. The molecule has 0 aliphatic heterocycles. The third kappa shape index (κ3) is 1.83. The van der Waals surface area contributed by atoms with E-state index in [0.717, 1.165) is 11.3 Å². The van der Waals surface area contributed by atoms with Gasteiger partial charge in [0, 0.05) is 5.92 Å². The Labute approximate surface area is 87.1 Å². The van der Waals surface area contributed by atoms with Crippen molar-refractivity contribution in [3.63, 3.8) is 0 Å². The van der Waals surface area contributed by atoms with Gasteiger partial charge in [0.15, 0.2) is 0 Å². The number of nitrogen functional groups attached to an aromatic ring is 1. The van der Waals surface area contributed by atoms with E-state index in [2.05, 4.69) is 10.2 Å². The number of halogens is 1. The zero-order chi connectivity index (χ0) is 10.8. The Kier molecular flexibility index (Phi) is 2.41. The summed E-state index contributed by atoms with van der Waals surface area (Å²) in [5.41, 5.74) is 8.24. The highest BCUT2D eigenvalue weighted by Gasteiger charge is 2.12. The molecule has 4 heteroatoms. The van der Waals surface area contributed by atoms with Crippen LogP contribution >= 0.6 is 0 Å². The van der Waals surface area contributed by atoms with E-state index in [1.807, 2.05) is 6.92 Å². The first kappa shape index (κ1) is 9.71. The van der Waals surface area contributed by atoms with Gasteiger partial charge >= 0.3 is 0 Å². The first-order valence-corrected chi connectivity index (χ1v) is 4.72. The summed E-state index contributed by atoms with van der Waals surface area (Å²) >= 11 is 0. The van der Waals surface area contributed by atoms with Crippen LogP contribution in [0.4, 0.5) is 10.1 Å². The van der Waals surface area contributed by atoms with E-state index in [1.165, 1.54) is 12.1 Å². The summed E-state index contributed by atoms with van der Waals surface area (Å²) in [6.45, 7) is 2.00. The van der Waals surface area contributed by atoms with Crippen LogP contribution in [-0.2, 0) is 0 Å². The number of aromatic nitrogens is 2. The normalized spacial score (nSPS) is 12.7. The fourth-order valence-electron chi connectivity index (χ4n) is 1.57. The second-order valence-electron chi connectivity index (χ2n) is 3.51. The Bertz CT molecular complexity index is 447. The second kappa shape index (κ2) is 3.73. The van der Waals surface area contributed by atoms with Crippen molar-refractivity contribution in [1.29, 1.82) is 0 Å². The van der Waals surface area contributed by atoms with Crippen LogP contribution in [0.1, 0.15) is 24.1 Å². The third-order valence-electron chi connectivity index (χ3n) is 2.50. The van der Waals surface area contributed by atoms with Crippen molar-refractivity contribution in [2.45, 2.75) is 12.8 Å². The predicted octanol–water partition coefficient (Wildman–Crippen LogP) is 2.28. The predicted molar refractivity (Wildman–Crippen MR) is 56.9 cm³/mol. The van der Waals surface area contributed by atoms with Crippen molar-refractivity contribution in [2.75, 3.05) is 5.73 Å². The monoisotopic (exact) mass is 205 g/mol. The van der Waals surface area contributed by atoms with E-state index in [-0.39, 0.29) is 11.7 Å². The van der Waals surface area contributed by atoms with Crippen LogP contribution < -0.4 is 5.73 Å². The molecule has 15 heavy (non-hydrogen) atoms. The number of H-pyrrole nitrogens is 1. The van der Waals surface area contributed by atoms with Gasteiger partial charge in [-0.3, -0.25) is 5.10 Å². The number of nitrogens with zero attached hydrogens (tertiary/aromatic N) is 1. The van der Waals surface area contributed by atoms with Crippen LogP contribution in [0.3, 0.4) is 0 Å². The molecule has 2 rings (SSSR count). The number of nitrogens with one attached hydrogen (secondary N) is 1. The fraction of sp³-hybridized carbons (Fsp3) is 0.182. The minimum atomic E-state index is -0.233. The van der Waals surface area contributed by atoms with Crippen molar-refractivity contribution in [3.05, 3.63) is 47.5 Å². The third-order valence-corrected chi connectivity index (χ3v) is 2.50. The molecule has 78 valence electrons. The summed E-state index contributed by atoms with van der Waals surface area (Å²) in [6, 6.07) is 6.39. The largest absolute Gasteiger partial charge is 0.396 e. The van der Waals surface area contributed by atoms with E-state index < -0.39 is 0 Å². The molecular formula is C11H12FN3. The van der Waals surface area contributed by atoms with Crippen molar-refractivity contribution in [3.8, 4) is 0 Å². The van der Waals surface area contributed by atoms with Crippen molar-refractivity contribution in [2.24, 2.45) is 0 Å². The number of benzene rings is 1. The summed E-state index contributed by atoms with van der Waals surface area (Å²) in [5, 5.41) is 6.71. The molecule has 0 aliphatic carbocycles. The lowest BCUT2D eigenvalue weighted by molar-refractivity contribution is 0.626. The van der Waals surface area contributed by atoms with E-state index in [9.17, 15) is 4.39 Å². The number of hydrogen-bond donors (Lipinski definition) is 2. The molecule has 0 amide bonds. The van der Waals surface area contributed by atoms with Gasteiger partial charge in [0.25, 0.3) is 0 Å². The van der Waals surface area contributed by atoms with Crippen LogP contribution in [0.25, 0.3) is 0 Å². The first-order chi connectivity index (χ1) is 7.18. The SMILES string of the molecule is CC(c1ccc(F)cc1)c1[nH]ncc1N. The summed E-state index contributed by atoms with van der Waals surface area (Å²) in [6.07, 6.45) is 1.58. The zero-order valence-electron chi connectivity index (χ0n) is 8.37. The highest BCUT2D eigenvalue weighted by Crippen LogP contribution is 2.26. The minimum Gasteiger partial charge on any atom is -0.396 e. The highest BCUT2D eigenvalue weighted by molar-refractivity contribution is 5.45. The molecule has 0 bridgehead atoms. The molecule has 3 nitrogen and oxygen atoms in total. The van der Waals surface area contributed by atoms with Gasteiger partial charge < -0.3 is 5.73 Å². The number of hydrogen-bond acceptors (Lipinski definition) is 2. The lowest BCUT2D eigenvalue weighted by atomic mass is 9.97. The summed E-state index contributed by atoms with van der Waals surface area (Å²) in [7, 11) is 0. The molecular weight excluding hydrogens is 193 g/mol. The number of nitrogens with two attached hydrogens (primary N) is 1. The van der Waals surface area contributed by atoms with Crippen LogP contribution in [0.15, 0.2) is 30.5 Å². The quantitative estimate of drug-likeness (QED) is 0.790. The van der Waals surface area contributed by atoms with E-state index >= 15 is 0 Å². The van der Waals surface area contributed by atoms with Gasteiger partial charge in [-0.05, 0) is 17.7 Å². The Morgan fingerprint density at radius 2 is 2.00 bits per heavy atom. The van der Waals surface area contributed by atoms with Crippen LogP contribution in [0.2, 0.25) is 0 Å². The Morgan fingerprint density at radius 1 is 1.33 bits per heavy atom. The molecule has 0 saturated carbocycles. The second-order valence-corrected chi connectivity index (χ2v) is 3.51. The highest BCUT2D eigenvalue weighted by atomic mass is 19.1. The van der Waals surface area contributed by atoms with Gasteiger partial charge in [0.05, 0.1) is 17.6 Å². The first-order valence-electron chi connectivity index (χ1n) is 4.72. The van der Waals surface area contributed by atoms with E-state index in [1.54, 1.807) is 18.3 Å². The average molecular weight is 205 g/mol. The van der Waals surface area contributed by atoms with Crippen molar-refractivity contribution < 1.29 is 4.39 Å². The fourth-order valence-corrected chi connectivity index (χ4v) is 1.57. The van der Waals surface area contributed by atoms with Crippen LogP contribution in [-0.4, -0.2) is 10.2 Å². The molecule has 0 aliphatic rings. The summed E-state index contributed by atoms with van der Waals surface area (Å²) < 4.78 is 12.7. The van der Waals surface area contributed by atoms with Gasteiger partial charge in [-0.2, -0.15) is 5.10 Å². The maximum atomic E-state index is 12.7. The van der Waals surface area contributed by atoms with Gasteiger partial charge in [0.2, 0.25) is 0 Å². The van der Waals surface area contributed by atoms with Gasteiger partial charge in [-0.1, -0.05) is 19.1 Å². The molecule has 1 unspecified atom stereocenters. The molecule has 0 spiro atoms. The van der Waals surface area contributed by atoms with Crippen LogP contribution in [0.5, 0.6) is 0 Å². The summed E-state index contributed by atoms with van der Waals surface area (Å²) in [4.78, 5) is 0. The van der Waals surface area contributed by atoms with Crippen molar-refractivity contribution in [1.82, 2.24) is 10.2 Å². The number of rotatable bonds is 2. The average Bonchev–Trinajstić information content (AvgIpc) is 2.65. The van der Waals surface area contributed by atoms with Gasteiger partial charge in [-0.15, -0.1) is 0 Å². The molecule has 0 saturated heterocycles. The Hall–Kier alpha value is -1.84. The zero-order valence-corrected chi connectivity index (χ0v) is 8.37. The topological polar surface area (TPSA) is 54.7 Å². The maximum Gasteiger partial charge on any atom is 0.123 e. The number of anilines is 1. The van der Waals surface area contributed by atoms with Crippen LogP contribution in [0, 0.1) is 5.82 Å². The Balaban J connectivity index is 2.32. The minimum absolute atomic E-state index is 0.0908. The molecule has 1 heterocycles. The van der Waals surface area contributed by atoms with E-state index in [0.29, 0.717) is 5.69 Å². The number of aromatic amines is 1. The maximum absolute atomic E-state index is 12.7. The van der Waals surface area contributed by atoms with E-state index in [4.69, 9.17) is 5.73 Å². The molecule has 1 aromatic heterocycles.